The summed E-state index contributed by atoms with van der Waals surface area (Å²) < 4.78 is 6.55. The summed E-state index contributed by atoms with van der Waals surface area (Å²) in [6.45, 7) is 1.90. The fourth-order valence-electron chi connectivity index (χ4n) is 3.31. The highest BCUT2D eigenvalue weighted by atomic mass is 79.9. The summed E-state index contributed by atoms with van der Waals surface area (Å²) in [5.41, 5.74) is 1.63. The van der Waals surface area contributed by atoms with Gasteiger partial charge in [0.15, 0.2) is 0 Å². The van der Waals surface area contributed by atoms with Gasteiger partial charge < -0.3 is 15.2 Å². The van der Waals surface area contributed by atoms with E-state index in [-0.39, 0.29) is 18.1 Å². The molecule has 112 valence electrons. The van der Waals surface area contributed by atoms with E-state index in [2.05, 4.69) is 21.2 Å². The molecule has 21 heavy (non-hydrogen) atoms. The average molecular weight is 354 g/mol. The van der Waals surface area contributed by atoms with E-state index in [1.807, 2.05) is 19.1 Å². The van der Waals surface area contributed by atoms with Crippen LogP contribution < -0.4 is 5.32 Å². The number of carboxylic acids is 1. The molecule has 2 heterocycles. The van der Waals surface area contributed by atoms with Crippen molar-refractivity contribution in [3.63, 3.8) is 0 Å². The summed E-state index contributed by atoms with van der Waals surface area (Å²) in [4.78, 5) is 23.9. The first-order chi connectivity index (χ1) is 9.97. The van der Waals surface area contributed by atoms with Gasteiger partial charge in [-0.3, -0.25) is 9.59 Å². The van der Waals surface area contributed by atoms with Crippen LogP contribution in [0, 0.1) is 18.8 Å². The molecule has 2 aliphatic heterocycles. The van der Waals surface area contributed by atoms with E-state index in [1.165, 1.54) is 0 Å². The van der Waals surface area contributed by atoms with Crippen molar-refractivity contribution in [2.45, 2.75) is 32.0 Å². The lowest BCUT2D eigenvalue weighted by Crippen LogP contribution is -2.41. The zero-order valence-corrected chi connectivity index (χ0v) is 13.1. The van der Waals surface area contributed by atoms with Gasteiger partial charge in [0, 0.05) is 10.2 Å². The Morgan fingerprint density at radius 1 is 1.29 bits per heavy atom. The first-order valence-corrected chi connectivity index (χ1v) is 7.72. The molecule has 1 aromatic rings. The number of carboxylic acid groups (broad SMARTS) is 1. The van der Waals surface area contributed by atoms with Crippen molar-refractivity contribution < 1.29 is 19.4 Å². The van der Waals surface area contributed by atoms with Crippen LogP contribution in [0.2, 0.25) is 0 Å². The van der Waals surface area contributed by atoms with Crippen molar-refractivity contribution in [3.8, 4) is 0 Å². The Kier molecular flexibility index (Phi) is 3.75. The predicted molar refractivity (Wildman–Crippen MR) is 80.0 cm³/mol. The summed E-state index contributed by atoms with van der Waals surface area (Å²) >= 11 is 3.37. The summed E-state index contributed by atoms with van der Waals surface area (Å²) in [6.07, 6.45) is 0.885. The Hall–Kier alpha value is -1.40. The van der Waals surface area contributed by atoms with Crippen molar-refractivity contribution in [2.24, 2.45) is 11.8 Å². The first-order valence-electron chi connectivity index (χ1n) is 6.92. The van der Waals surface area contributed by atoms with Crippen molar-refractivity contribution in [3.05, 3.63) is 28.2 Å². The number of carbonyl (C=O) groups is 2. The normalized spacial score (nSPS) is 30.4. The number of anilines is 1. The molecule has 2 saturated heterocycles. The Balaban J connectivity index is 1.80. The molecule has 4 atom stereocenters. The fraction of sp³-hybridized carbons (Fsp3) is 0.467. The topological polar surface area (TPSA) is 75.6 Å². The molecule has 6 heteroatoms. The van der Waals surface area contributed by atoms with Gasteiger partial charge in [-0.1, -0.05) is 15.9 Å². The molecule has 0 aromatic heterocycles. The first kappa shape index (κ1) is 14.5. The lowest BCUT2D eigenvalue weighted by atomic mass is 9.78. The third kappa shape index (κ3) is 2.58. The number of carbonyl (C=O) groups excluding carboxylic acids is 1. The monoisotopic (exact) mass is 353 g/mol. The standard InChI is InChI=1S/C15H16BrNO4/c1-7-6-8(16)2-3-9(7)17-14(18)12-10-4-5-11(21-10)13(12)15(19)20/h2-3,6,10-13H,4-5H2,1H3,(H,17,18)(H,19,20)/t10-,11-,12+,13-/m1/s1. The highest BCUT2D eigenvalue weighted by Crippen LogP contribution is 2.44. The molecule has 2 aliphatic rings. The number of benzene rings is 1. The van der Waals surface area contributed by atoms with Crippen molar-refractivity contribution in [1.29, 1.82) is 0 Å². The molecule has 0 aliphatic carbocycles. The summed E-state index contributed by atoms with van der Waals surface area (Å²) in [6, 6.07) is 5.55. The number of nitrogens with one attached hydrogen (secondary N) is 1. The second-order valence-corrected chi connectivity index (χ2v) is 6.54. The van der Waals surface area contributed by atoms with Crippen LogP contribution in [0.5, 0.6) is 0 Å². The molecule has 2 N–H and O–H groups in total. The largest absolute Gasteiger partial charge is 0.481 e. The Morgan fingerprint density at radius 3 is 2.57 bits per heavy atom. The average Bonchev–Trinajstić information content (AvgIpc) is 3.02. The van der Waals surface area contributed by atoms with Crippen LogP contribution in [-0.2, 0) is 14.3 Å². The van der Waals surface area contributed by atoms with Gasteiger partial charge in [0.2, 0.25) is 5.91 Å². The third-order valence-corrected chi connectivity index (χ3v) is 4.80. The fourth-order valence-corrected chi connectivity index (χ4v) is 3.78. The van der Waals surface area contributed by atoms with E-state index < -0.39 is 17.8 Å². The number of ether oxygens (including phenoxy) is 1. The highest BCUT2D eigenvalue weighted by Gasteiger charge is 2.55. The summed E-state index contributed by atoms with van der Waals surface area (Å²) in [5, 5.41) is 12.2. The van der Waals surface area contributed by atoms with Crippen LogP contribution in [0.25, 0.3) is 0 Å². The van der Waals surface area contributed by atoms with Gasteiger partial charge in [0.05, 0.1) is 24.0 Å². The number of rotatable bonds is 3. The van der Waals surface area contributed by atoms with Gasteiger partial charge >= 0.3 is 5.97 Å². The van der Waals surface area contributed by atoms with Crippen LogP contribution in [0.3, 0.4) is 0 Å². The van der Waals surface area contributed by atoms with Crippen LogP contribution >= 0.6 is 15.9 Å². The molecule has 3 rings (SSSR count). The molecule has 2 bridgehead atoms. The van der Waals surface area contributed by atoms with E-state index in [0.717, 1.165) is 22.9 Å². The Morgan fingerprint density at radius 2 is 1.95 bits per heavy atom. The molecule has 1 amide bonds. The third-order valence-electron chi connectivity index (χ3n) is 4.31. The van der Waals surface area contributed by atoms with Gasteiger partial charge in [0.25, 0.3) is 0 Å². The van der Waals surface area contributed by atoms with E-state index in [0.29, 0.717) is 5.69 Å². The molecule has 0 spiro atoms. The zero-order chi connectivity index (χ0) is 15.1. The smallest absolute Gasteiger partial charge is 0.310 e. The minimum atomic E-state index is -0.949. The van der Waals surface area contributed by atoms with Gasteiger partial charge in [-0.2, -0.15) is 0 Å². The molecule has 2 fully saturated rings. The van der Waals surface area contributed by atoms with Crippen molar-refractivity contribution in [2.75, 3.05) is 5.32 Å². The second-order valence-electron chi connectivity index (χ2n) is 5.63. The lowest BCUT2D eigenvalue weighted by molar-refractivity contribution is -0.147. The molecule has 0 radical (unpaired) electrons. The lowest BCUT2D eigenvalue weighted by Gasteiger charge is -2.24. The summed E-state index contributed by atoms with van der Waals surface area (Å²) in [7, 11) is 0. The SMILES string of the molecule is Cc1cc(Br)ccc1NC(=O)[C@@H]1[C@H](C(=O)O)[C@H]2CC[C@H]1O2. The van der Waals surface area contributed by atoms with Crippen LogP contribution in [0.1, 0.15) is 18.4 Å². The van der Waals surface area contributed by atoms with Crippen LogP contribution in [0.4, 0.5) is 5.69 Å². The minimum absolute atomic E-state index is 0.264. The van der Waals surface area contributed by atoms with E-state index in [9.17, 15) is 14.7 Å². The molecule has 0 saturated carbocycles. The number of fused-ring (bicyclic) bond motifs is 2. The zero-order valence-electron chi connectivity index (χ0n) is 11.5. The number of hydrogen-bond donors (Lipinski definition) is 2. The quantitative estimate of drug-likeness (QED) is 0.875. The molecular weight excluding hydrogens is 338 g/mol. The molecule has 5 nitrogen and oxygen atoms in total. The van der Waals surface area contributed by atoms with E-state index in [1.54, 1.807) is 6.07 Å². The maximum atomic E-state index is 12.5. The Bertz CT molecular complexity index is 603. The number of aliphatic carboxylic acids is 1. The minimum Gasteiger partial charge on any atom is -0.481 e. The maximum absolute atomic E-state index is 12.5. The number of halogens is 1. The molecule has 1 aromatic carbocycles. The van der Waals surface area contributed by atoms with Crippen molar-refractivity contribution >= 4 is 33.5 Å². The summed E-state index contributed by atoms with van der Waals surface area (Å²) in [5.74, 6) is -2.56. The Labute approximate surface area is 130 Å². The van der Waals surface area contributed by atoms with Gasteiger partial charge in [-0.15, -0.1) is 0 Å². The number of hydrogen-bond acceptors (Lipinski definition) is 3. The molecular formula is C15H16BrNO4. The van der Waals surface area contributed by atoms with Gasteiger partial charge in [-0.05, 0) is 43.5 Å². The second kappa shape index (κ2) is 5.42. The van der Waals surface area contributed by atoms with Crippen molar-refractivity contribution in [1.82, 2.24) is 0 Å². The van der Waals surface area contributed by atoms with Crippen LogP contribution in [0.15, 0.2) is 22.7 Å². The highest BCUT2D eigenvalue weighted by molar-refractivity contribution is 9.10. The molecule has 0 unspecified atom stereocenters. The predicted octanol–water partition coefficient (Wildman–Crippen LogP) is 2.57. The van der Waals surface area contributed by atoms with Crippen LogP contribution in [-0.4, -0.2) is 29.2 Å². The maximum Gasteiger partial charge on any atom is 0.310 e. The van der Waals surface area contributed by atoms with Gasteiger partial charge in [-0.25, -0.2) is 0 Å². The number of aryl methyl sites for hydroxylation is 1. The van der Waals surface area contributed by atoms with E-state index in [4.69, 9.17) is 4.74 Å². The number of amides is 1. The van der Waals surface area contributed by atoms with E-state index >= 15 is 0 Å². The van der Waals surface area contributed by atoms with Gasteiger partial charge in [0.1, 0.15) is 0 Å².